The highest BCUT2D eigenvalue weighted by atomic mass is 14.8. The Morgan fingerprint density at radius 1 is 0.264 bits per heavy atom. The predicted molar refractivity (Wildman–Crippen MR) is 275 cm³/mol. The van der Waals surface area contributed by atoms with E-state index < -0.39 is 0 Å². The van der Waals surface area contributed by atoms with Crippen molar-refractivity contribution in [3.8, 4) is 114 Å². The van der Waals surface area contributed by atoms with Crippen LogP contribution >= 0.6 is 0 Å². The Labute approximate surface area is 411 Å². The Kier molecular flexibility index (Phi) is 10.4. The molecule has 0 atom stereocenters. The molecule has 0 saturated heterocycles. The smallest absolute Gasteiger partial charge is 0.101 e. The summed E-state index contributed by atoms with van der Waals surface area (Å²) in [6.45, 7) is 0. The van der Waals surface area contributed by atoms with Crippen molar-refractivity contribution in [3.05, 3.63) is 205 Å². The Bertz CT molecular complexity index is 3810. The van der Waals surface area contributed by atoms with Gasteiger partial charge in [-0.25, -0.2) is 19.9 Å². The summed E-state index contributed by atoms with van der Waals surface area (Å²) in [6.07, 6.45) is 12.9. The monoisotopic (exact) mass is 918 g/mol. The van der Waals surface area contributed by atoms with Gasteiger partial charge in [-0.3, -0.25) is 19.9 Å². The van der Waals surface area contributed by atoms with Crippen molar-refractivity contribution in [2.24, 2.45) is 0 Å². The third-order valence-electron chi connectivity index (χ3n) is 12.7. The summed E-state index contributed by atoms with van der Waals surface area (Å²) in [5.41, 5.74) is 13.3. The molecule has 12 nitrogen and oxygen atoms in total. The molecule has 0 spiro atoms. The summed E-state index contributed by atoms with van der Waals surface area (Å²) in [7, 11) is 0. The largest absolute Gasteiger partial charge is 0.263 e. The molecule has 0 aliphatic rings. The molecule has 4 aromatic carbocycles. The molecule has 0 aliphatic carbocycles. The lowest BCUT2D eigenvalue weighted by Crippen LogP contribution is -1.98. The van der Waals surface area contributed by atoms with Crippen LogP contribution in [0.4, 0.5) is 0 Å². The number of pyridine rings is 8. The van der Waals surface area contributed by atoms with E-state index in [1.807, 2.05) is 72.8 Å². The highest BCUT2D eigenvalue weighted by molar-refractivity contribution is 6.31. The zero-order valence-corrected chi connectivity index (χ0v) is 37.7. The first kappa shape index (κ1) is 42.4. The molecule has 12 rings (SSSR count). The summed E-state index contributed by atoms with van der Waals surface area (Å²) in [5.74, 6) is 0. The number of aromatic nitrogens is 8. The lowest BCUT2D eigenvalue weighted by Gasteiger charge is -2.21. The normalized spacial score (nSPS) is 11.0. The Morgan fingerprint density at radius 3 is 0.736 bits per heavy atom. The summed E-state index contributed by atoms with van der Waals surface area (Å²) >= 11 is 0. The maximum atomic E-state index is 9.74. The van der Waals surface area contributed by atoms with Gasteiger partial charge in [0.25, 0.3) is 0 Å². The minimum atomic E-state index is 0.428. The average molecular weight is 919 g/mol. The summed E-state index contributed by atoms with van der Waals surface area (Å²) < 4.78 is 0. The zero-order chi connectivity index (χ0) is 48.7. The van der Waals surface area contributed by atoms with Gasteiger partial charge >= 0.3 is 0 Å². The quantitative estimate of drug-likeness (QED) is 0.131. The number of nitriles is 4. The molecular formula is C60H30N12. The third kappa shape index (κ3) is 7.49. The second kappa shape index (κ2) is 17.6. The van der Waals surface area contributed by atoms with Crippen molar-refractivity contribution in [2.45, 2.75) is 0 Å². The second-order valence-corrected chi connectivity index (χ2v) is 16.9. The van der Waals surface area contributed by atoms with Gasteiger partial charge in [0, 0.05) is 94.1 Å². The Balaban J connectivity index is 1.17. The van der Waals surface area contributed by atoms with E-state index in [9.17, 15) is 21.0 Å². The van der Waals surface area contributed by atoms with Gasteiger partial charge in [0.1, 0.15) is 24.3 Å². The summed E-state index contributed by atoms with van der Waals surface area (Å²) in [4.78, 5) is 38.3. The fourth-order valence-electron chi connectivity index (χ4n) is 9.39. The Morgan fingerprint density at radius 2 is 0.500 bits per heavy atom. The van der Waals surface area contributed by atoms with E-state index >= 15 is 0 Å². The fourth-order valence-corrected chi connectivity index (χ4v) is 9.39. The second-order valence-electron chi connectivity index (χ2n) is 16.9. The number of rotatable bonds is 8. The lowest BCUT2D eigenvalue weighted by molar-refractivity contribution is 1.26. The highest BCUT2D eigenvalue weighted by Crippen LogP contribution is 2.48. The third-order valence-corrected chi connectivity index (χ3v) is 12.7. The number of nitrogens with zero attached hydrogens (tertiary/aromatic N) is 12. The van der Waals surface area contributed by atoms with Crippen molar-refractivity contribution in [3.63, 3.8) is 0 Å². The molecule has 0 bridgehead atoms. The SMILES string of the molecule is N#Cc1cncc(-c2cccc(-c3cc(-c4cccc(-c5cncc(C#N)c5)n4)c4ccc5c(-c6cccc(-c7cncc(C#N)c7)n6)cc(-c6cccc(-c7cncc(C#N)c7)n6)c6ccc3c4c65)n2)c1. The predicted octanol–water partition coefficient (Wildman–Crippen LogP) is 12.6. The van der Waals surface area contributed by atoms with Crippen LogP contribution in [0.25, 0.3) is 122 Å². The van der Waals surface area contributed by atoms with Crippen LogP contribution in [0.5, 0.6) is 0 Å². The highest BCUT2D eigenvalue weighted by Gasteiger charge is 2.23. The average Bonchev–Trinajstić information content (AvgIpc) is 3.46. The van der Waals surface area contributed by atoms with Crippen LogP contribution in [-0.4, -0.2) is 39.9 Å². The van der Waals surface area contributed by atoms with Gasteiger partial charge in [-0.15, -0.1) is 0 Å². The van der Waals surface area contributed by atoms with Crippen molar-refractivity contribution in [2.75, 3.05) is 0 Å². The standard InChI is InChI=1S/C60H30N12/c61-23-35-17-39(31-65-27-35)51-5-1-9-55(69-51)47-21-48(56-10-2-6-52(70-56)40-18-36(24-62)28-66-32-40)44-15-16-46-50(58-12-4-8-54(72-58)42-20-38(26-64)30-68-34-42)22-49(45-14-13-43(47)59(44)60(45)46)57-11-3-7-53(71-57)41-19-37(25-63)29-67-33-41/h1-22,27-34H. The maximum absolute atomic E-state index is 9.74. The van der Waals surface area contributed by atoms with Crippen molar-refractivity contribution < 1.29 is 0 Å². The fraction of sp³-hybridized carbons (Fsp3) is 0. The van der Waals surface area contributed by atoms with Gasteiger partial charge in [-0.2, -0.15) is 21.0 Å². The molecule has 0 N–H and O–H groups in total. The zero-order valence-electron chi connectivity index (χ0n) is 37.7. The molecule has 0 amide bonds. The van der Waals surface area contributed by atoms with Crippen LogP contribution in [0.15, 0.2) is 183 Å². The van der Waals surface area contributed by atoms with E-state index in [4.69, 9.17) is 19.9 Å². The number of hydrogen-bond acceptors (Lipinski definition) is 12. The van der Waals surface area contributed by atoms with E-state index in [1.165, 1.54) is 24.8 Å². The molecule has 8 aromatic heterocycles. The first-order valence-electron chi connectivity index (χ1n) is 22.6. The van der Waals surface area contributed by atoms with Crippen LogP contribution in [0.2, 0.25) is 0 Å². The van der Waals surface area contributed by atoms with Crippen LogP contribution in [0, 0.1) is 45.3 Å². The molecule has 330 valence electrons. The number of hydrogen-bond donors (Lipinski definition) is 0. The van der Waals surface area contributed by atoms with Gasteiger partial charge in [0.15, 0.2) is 0 Å². The van der Waals surface area contributed by atoms with E-state index in [-0.39, 0.29) is 0 Å². The van der Waals surface area contributed by atoms with E-state index in [2.05, 4.69) is 80.6 Å². The van der Waals surface area contributed by atoms with Crippen molar-refractivity contribution >= 4 is 32.3 Å². The molecular weight excluding hydrogens is 889 g/mol. The molecule has 0 radical (unpaired) electrons. The first-order chi connectivity index (χ1) is 35.5. The first-order valence-corrected chi connectivity index (χ1v) is 22.6. The van der Waals surface area contributed by atoms with Gasteiger partial charge in [0.2, 0.25) is 0 Å². The molecule has 0 aliphatic heterocycles. The van der Waals surface area contributed by atoms with E-state index in [0.29, 0.717) is 90.1 Å². The van der Waals surface area contributed by atoms with Gasteiger partial charge in [0.05, 0.1) is 67.8 Å². The van der Waals surface area contributed by atoms with Crippen LogP contribution in [0.1, 0.15) is 22.3 Å². The molecule has 0 fully saturated rings. The molecule has 12 aromatic rings. The Hall–Kier alpha value is -10.9. The van der Waals surface area contributed by atoms with Crippen LogP contribution < -0.4 is 0 Å². The molecule has 12 heteroatoms. The van der Waals surface area contributed by atoms with Gasteiger partial charge < -0.3 is 0 Å². The molecule has 0 unspecified atom stereocenters. The topological polar surface area (TPSA) is 198 Å². The summed E-state index contributed by atoms with van der Waals surface area (Å²) in [6, 6.07) is 52.1. The van der Waals surface area contributed by atoms with Gasteiger partial charge in [-0.05, 0) is 117 Å². The van der Waals surface area contributed by atoms with E-state index in [1.54, 1.807) is 49.1 Å². The maximum Gasteiger partial charge on any atom is 0.101 e. The lowest BCUT2D eigenvalue weighted by atomic mass is 9.83. The summed E-state index contributed by atoms with van der Waals surface area (Å²) in [5, 5.41) is 44.6. The van der Waals surface area contributed by atoms with Crippen molar-refractivity contribution in [1.29, 1.82) is 21.0 Å². The molecule has 72 heavy (non-hydrogen) atoms. The minimum absolute atomic E-state index is 0.428. The minimum Gasteiger partial charge on any atom is -0.263 e. The van der Waals surface area contributed by atoms with E-state index in [0.717, 1.165) is 54.6 Å². The van der Waals surface area contributed by atoms with Crippen LogP contribution in [-0.2, 0) is 0 Å². The number of benzene rings is 4. The van der Waals surface area contributed by atoms with Crippen LogP contribution in [0.3, 0.4) is 0 Å². The van der Waals surface area contributed by atoms with Gasteiger partial charge in [-0.1, -0.05) is 48.5 Å². The molecule has 0 saturated carbocycles. The van der Waals surface area contributed by atoms with Crippen molar-refractivity contribution in [1.82, 2.24) is 39.9 Å². The molecule has 8 heterocycles.